The lowest BCUT2D eigenvalue weighted by molar-refractivity contribution is -0.116. The fourth-order valence-corrected chi connectivity index (χ4v) is 4.05. The van der Waals surface area contributed by atoms with Crippen molar-refractivity contribution in [3.05, 3.63) is 71.3 Å². The van der Waals surface area contributed by atoms with Gasteiger partial charge in [-0.2, -0.15) is 0 Å². The number of nitrogens with one attached hydrogen (secondary N) is 1. The molecule has 7 nitrogen and oxygen atoms in total. The molecule has 0 saturated carbocycles. The van der Waals surface area contributed by atoms with Crippen LogP contribution in [0.4, 0.5) is 5.69 Å². The number of benzene rings is 2. The Hall–Kier alpha value is -3.65. The van der Waals surface area contributed by atoms with Crippen molar-refractivity contribution >= 4 is 33.1 Å². The van der Waals surface area contributed by atoms with Crippen LogP contribution in [0.15, 0.2) is 65.7 Å². The lowest BCUT2D eigenvalue weighted by Crippen LogP contribution is -2.27. The Morgan fingerprint density at radius 3 is 2.30 bits per heavy atom. The molecule has 0 aliphatic rings. The molecule has 1 N–H and O–H groups in total. The molecule has 2 heterocycles. The smallest absolute Gasteiger partial charge is 0.271 e. The van der Waals surface area contributed by atoms with Gasteiger partial charge in [0.25, 0.3) is 5.56 Å². The van der Waals surface area contributed by atoms with Gasteiger partial charge in [0, 0.05) is 10.6 Å². The zero-order valence-corrected chi connectivity index (χ0v) is 17.2. The number of amides is 1. The highest BCUT2D eigenvalue weighted by atomic mass is 32.1. The number of methoxy groups -OCH3 is 2. The number of hydrogen-bond acceptors (Lipinski definition) is 6. The summed E-state index contributed by atoms with van der Waals surface area (Å²) in [6, 6.07) is 16.5. The second-order valence-electron chi connectivity index (χ2n) is 6.51. The minimum Gasteiger partial charge on any atom is -0.497 e. The lowest BCUT2D eigenvalue weighted by Gasteiger charge is -2.07. The van der Waals surface area contributed by atoms with E-state index in [0.717, 1.165) is 16.2 Å². The molecule has 0 saturated heterocycles. The van der Waals surface area contributed by atoms with E-state index in [1.165, 1.54) is 22.2 Å². The van der Waals surface area contributed by atoms with Crippen LogP contribution in [0.25, 0.3) is 20.7 Å². The molecule has 1 amide bonds. The van der Waals surface area contributed by atoms with Gasteiger partial charge in [0.1, 0.15) is 22.7 Å². The van der Waals surface area contributed by atoms with Crippen LogP contribution in [0.5, 0.6) is 11.5 Å². The Labute approximate surface area is 176 Å². The molecular weight excluding hydrogens is 402 g/mol. The summed E-state index contributed by atoms with van der Waals surface area (Å²) in [6.45, 7) is -0.121. The summed E-state index contributed by atoms with van der Waals surface area (Å²) in [5.74, 6) is 1.16. The van der Waals surface area contributed by atoms with Gasteiger partial charge in [-0.1, -0.05) is 0 Å². The molecule has 0 atom stereocenters. The molecule has 152 valence electrons. The molecule has 0 aliphatic heterocycles. The summed E-state index contributed by atoms with van der Waals surface area (Å²) in [5.41, 5.74) is 1.97. The van der Waals surface area contributed by atoms with E-state index >= 15 is 0 Å². The van der Waals surface area contributed by atoms with Gasteiger partial charge < -0.3 is 14.8 Å². The summed E-state index contributed by atoms with van der Waals surface area (Å²) < 4.78 is 12.1. The Kier molecular flexibility index (Phi) is 5.49. The molecule has 0 fully saturated rings. The molecule has 2 aromatic carbocycles. The van der Waals surface area contributed by atoms with E-state index in [0.29, 0.717) is 21.7 Å². The molecule has 0 unspecified atom stereocenters. The summed E-state index contributed by atoms with van der Waals surface area (Å²) in [7, 11) is 3.19. The maximum absolute atomic E-state index is 12.9. The van der Waals surface area contributed by atoms with E-state index in [2.05, 4.69) is 10.3 Å². The molecule has 4 rings (SSSR count). The number of aromatic nitrogens is 2. The second-order valence-corrected chi connectivity index (χ2v) is 7.56. The van der Waals surface area contributed by atoms with Gasteiger partial charge in [0.2, 0.25) is 5.91 Å². The average Bonchev–Trinajstić information content (AvgIpc) is 3.21. The third-order valence-electron chi connectivity index (χ3n) is 4.57. The van der Waals surface area contributed by atoms with Gasteiger partial charge >= 0.3 is 0 Å². The highest BCUT2D eigenvalue weighted by Crippen LogP contribution is 2.31. The van der Waals surface area contributed by atoms with Gasteiger partial charge in [0.15, 0.2) is 0 Å². The van der Waals surface area contributed by atoms with Gasteiger partial charge in [0.05, 0.1) is 26.1 Å². The number of rotatable bonds is 6. The lowest BCUT2D eigenvalue weighted by atomic mass is 10.2. The van der Waals surface area contributed by atoms with E-state index in [-0.39, 0.29) is 18.0 Å². The predicted molar refractivity (Wildman–Crippen MR) is 117 cm³/mol. The molecule has 0 radical (unpaired) electrons. The number of anilines is 1. The number of carbonyl (C=O) groups excluding carboxylic acids is 1. The highest BCUT2D eigenvalue weighted by Gasteiger charge is 2.13. The molecule has 0 aliphatic carbocycles. The minimum atomic E-state index is -0.310. The van der Waals surface area contributed by atoms with E-state index < -0.39 is 0 Å². The van der Waals surface area contributed by atoms with Crippen LogP contribution >= 0.6 is 11.3 Å². The van der Waals surface area contributed by atoms with Crippen molar-refractivity contribution in [3.8, 4) is 21.9 Å². The van der Waals surface area contributed by atoms with Crippen LogP contribution < -0.4 is 20.3 Å². The van der Waals surface area contributed by atoms with Crippen LogP contribution in [0.2, 0.25) is 0 Å². The van der Waals surface area contributed by atoms with E-state index in [1.54, 1.807) is 38.5 Å². The van der Waals surface area contributed by atoms with Gasteiger partial charge in [-0.05, 0) is 60.2 Å². The Balaban J connectivity index is 1.55. The number of hydrogen-bond donors (Lipinski definition) is 1. The minimum absolute atomic E-state index is 0.121. The fraction of sp³-hybridized carbons (Fsp3) is 0.136. The maximum atomic E-state index is 12.9. The van der Waals surface area contributed by atoms with Crippen LogP contribution in [-0.4, -0.2) is 29.7 Å². The molecule has 0 spiro atoms. The van der Waals surface area contributed by atoms with Crippen LogP contribution in [0.1, 0.15) is 0 Å². The summed E-state index contributed by atoms with van der Waals surface area (Å²) in [6.07, 6.45) is 1.41. The van der Waals surface area contributed by atoms with Crippen LogP contribution in [-0.2, 0) is 11.3 Å². The van der Waals surface area contributed by atoms with Gasteiger partial charge in [-0.3, -0.25) is 14.2 Å². The van der Waals surface area contributed by atoms with Crippen molar-refractivity contribution in [1.29, 1.82) is 0 Å². The molecule has 30 heavy (non-hydrogen) atoms. The van der Waals surface area contributed by atoms with Crippen molar-refractivity contribution in [3.63, 3.8) is 0 Å². The predicted octanol–water partition coefficient (Wildman–Crippen LogP) is 3.78. The standard InChI is InChI=1S/C22H19N3O4S/c1-28-16-7-3-14(4-8-16)19-11-18-21(30-19)22(27)25(13-23-18)12-20(26)24-15-5-9-17(29-2)10-6-15/h3-11,13H,12H2,1-2H3,(H,24,26). The molecule has 4 aromatic rings. The zero-order valence-electron chi connectivity index (χ0n) is 16.4. The SMILES string of the molecule is COc1ccc(NC(=O)Cn2cnc3cc(-c4ccc(OC)cc4)sc3c2=O)cc1. The first-order valence-corrected chi connectivity index (χ1v) is 9.96. The number of fused-ring (bicyclic) bond motifs is 1. The summed E-state index contributed by atoms with van der Waals surface area (Å²) in [4.78, 5) is 30.5. The third-order valence-corrected chi connectivity index (χ3v) is 5.73. The number of thiophene rings is 1. The van der Waals surface area contributed by atoms with E-state index in [4.69, 9.17) is 9.47 Å². The highest BCUT2D eigenvalue weighted by molar-refractivity contribution is 7.22. The molecular formula is C22H19N3O4S. The third kappa shape index (κ3) is 4.04. The topological polar surface area (TPSA) is 82.4 Å². The maximum Gasteiger partial charge on any atom is 0.271 e. The Bertz CT molecular complexity index is 1240. The van der Waals surface area contributed by atoms with Crippen molar-refractivity contribution in [2.45, 2.75) is 6.54 Å². The first-order valence-electron chi connectivity index (χ1n) is 9.14. The number of ether oxygens (including phenoxy) is 2. The first-order chi connectivity index (χ1) is 14.6. The van der Waals surface area contributed by atoms with E-state index in [9.17, 15) is 9.59 Å². The summed E-state index contributed by atoms with van der Waals surface area (Å²) in [5, 5.41) is 2.77. The summed E-state index contributed by atoms with van der Waals surface area (Å²) >= 11 is 1.36. The van der Waals surface area contributed by atoms with Gasteiger partial charge in [-0.25, -0.2) is 4.98 Å². The number of nitrogens with zero attached hydrogens (tertiary/aromatic N) is 2. The van der Waals surface area contributed by atoms with Crippen molar-refractivity contribution < 1.29 is 14.3 Å². The van der Waals surface area contributed by atoms with E-state index in [1.807, 2.05) is 30.3 Å². The van der Waals surface area contributed by atoms with Crippen molar-refractivity contribution in [1.82, 2.24) is 9.55 Å². The molecule has 8 heteroatoms. The normalized spacial score (nSPS) is 10.7. The average molecular weight is 421 g/mol. The number of carbonyl (C=O) groups is 1. The molecule has 0 bridgehead atoms. The Morgan fingerprint density at radius 1 is 1.03 bits per heavy atom. The van der Waals surface area contributed by atoms with Crippen molar-refractivity contribution in [2.24, 2.45) is 0 Å². The Morgan fingerprint density at radius 2 is 1.67 bits per heavy atom. The zero-order chi connectivity index (χ0) is 21.1. The van der Waals surface area contributed by atoms with Gasteiger partial charge in [-0.15, -0.1) is 11.3 Å². The fourth-order valence-electron chi connectivity index (χ4n) is 2.99. The largest absolute Gasteiger partial charge is 0.497 e. The molecule has 2 aromatic heterocycles. The first kappa shape index (κ1) is 19.7. The monoisotopic (exact) mass is 421 g/mol. The quantitative estimate of drug-likeness (QED) is 0.512. The van der Waals surface area contributed by atoms with Crippen LogP contribution in [0, 0.1) is 0 Å². The van der Waals surface area contributed by atoms with Crippen molar-refractivity contribution in [2.75, 3.05) is 19.5 Å². The van der Waals surface area contributed by atoms with Crippen LogP contribution in [0.3, 0.4) is 0 Å². The second kappa shape index (κ2) is 8.38.